The van der Waals surface area contributed by atoms with Crippen LogP contribution >= 0.6 is 0 Å². The molecule has 13 heavy (non-hydrogen) atoms. The molecule has 0 N–H and O–H groups in total. The van der Waals surface area contributed by atoms with Crippen molar-refractivity contribution in [1.82, 2.24) is 0 Å². The summed E-state index contributed by atoms with van der Waals surface area (Å²) in [6.45, 7) is 7.83. The van der Waals surface area contributed by atoms with Crippen LogP contribution in [-0.2, 0) is 14.6 Å². The van der Waals surface area contributed by atoms with Crippen molar-refractivity contribution in [3.05, 3.63) is 0 Å². The Morgan fingerprint density at radius 1 is 1.15 bits per heavy atom. The lowest BCUT2D eigenvalue weighted by Crippen LogP contribution is -2.19. The Hall–Kier alpha value is -0.0900. The van der Waals surface area contributed by atoms with Gasteiger partial charge in [0.25, 0.3) is 0 Å². The molecule has 0 aromatic carbocycles. The van der Waals surface area contributed by atoms with Crippen LogP contribution in [0, 0.1) is 0 Å². The first kappa shape index (κ1) is 12.9. The van der Waals surface area contributed by atoms with E-state index in [0.29, 0.717) is 13.0 Å². The van der Waals surface area contributed by atoms with Gasteiger partial charge in [-0.3, -0.25) is 0 Å². The van der Waals surface area contributed by atoms with Crippen LogP contribution in [0.1, 0.15) is 34.1 Å². The molecule has 0 aromatic rings. The van der Waals surface area contributed by atoms with E-state index in [0.717, 1.165) is 0 Å². The highest BCUT2D eigenvalue weighted by atomic mass is 32.2. The van der Waals surface area contributed by atoms with Crippen LogP contribution in [-0.4, -0.2) is 32.1 Å². The van der Waals surface area contributed by atoms with Gasteiger partial charge in [-0.25, -0.2) is 8.42 Å². The predicted octanol–water partition coefficient (Wildman–Crippen LogP) is 1.62. The summed E-state index contributed by atoms with van der Waals surface area (Å²) in [7, 11) is -2.88. The van der Waals surface area contributed by atoms with Crippen LogP contribution in [0.15, 0.2) is 0 Å². The molecule has 0 rings (SSSR count). The Balaban J connectivity index is 3.66. The third-order valence-electron chi connectivity index (χ3n) is 1.74. The molecule has 0 saturated heterocycles. The van der Waals surface area contributed by atoms with E-state index in [1.807, 2.05) is 13.8 Å². The molecule has 0 spiro atoms. The molecular weight excluding hydrogens is 188 g/mol. The van der Waals surface area contributed by atoms with E-state index >= 15 is 0 Å². The summed E-state index contributed by atoms with van der Waals surface area (Å²) in [5, 5.41) is -0.272. The summed E-state index contributed by atoms with van der Waals surface area (Å²) in [6, 6.07) is 0. The van der Waals surface area contributed by atoms with Gasteiger partial charge in [0, 0.05) is 6.61 Å². The molecule has 0 aliphatic carbocycles. The Kier molecular flexibility index (Phi) is 5.56. The molecule has 0 aliphatic heterocycles. The molecule has 80 valence electrons. The van der Waals surface area contributed by atoms with E-state index in [1.54, 1.807) is 13.8 Å². The molecule has 0 bridgehead atoms. The lowest BCUT2D eigenvalue weighted by Gasteiger charge is -2.09. The summed E-state index contributed by atoms with van der Waals surface area (Å²) in [5.41, 5.74) is 0. The summed E-state index contributed by atoms with van der Waals surface area (Å²) in [5.74, 6) is 0.234. The van der Waals surface area contributed by atoms with E-state index < -0.39 is 9.84 Å². The van der Waals surface area contributed by atoms with Crippen molar-refractivity contribution in [2.45, 2.75) is 45.5 Å². The summed E-state index contributed by atoms with van der Waals surface area (Å²) in [4.78, 5) is 0. The van der Waals surface area contributed by atoms with Gasteiger partial charge in [0.2, 0.25) is 0 Å². The fourth-order valence-corrected chi connectivity index (χ4v) is 1.81. The number of hydrogen-bond donors (Lipinski definition) is 0. The van der Waals surface area contributed by atoms with Gasteiger partial charge in [0.15, 0.2) is 9.84 Å². The molecule has 0 unspecified atom stereocenters. The van der Waals surface area contributed by atoms with E-state index in [1.165, 1.54) is 0 Å². The molecular formula is C9H20O3S. The first-order valence-electron chi connectivity index (χ1n) is 4.69. The summed E-state index contributed by atoms with van der Waals surface area (Å²) >= 11 is 0. The van der Waals surface area contributed by atoms with Crippen LogP contribution < -0.4 is 0 Å². The topological polar surface area (TPSA) is 43.4 Å². The first-order valence-corrected chi connectivity index (χ1v) is 6.41. The molecule has 3 nitrogen and oxygen atoms in total. The van der Waals surface area contributed by atoms with Crippen molar-refractivity contribution in [2.24, 2.45) is 0 Å². The predicted molar refractivity (Wildman–Crippen MR) is 54.6 cm³/mol. The quantitative estimate of drug-likeness (QED) is 0.623. The van der Waals surface area contributed by atoms with Crippen LogP contribution in [0.25, 0.3) is 0 Å². The molecule has 0 radical (unpaired) electrons. The highest BCUT2D eigenvalue weighted by Gasteiger charge is 2.14. The molecule has 0 atom stereocenters. The smallest absolute Gasteiger partial charge is 0.152 e. The standard InChI is InChI=1S/C9H20O3S/c1-8(2)12-6-5-7-13(10,11)9(3)4/h8-9H,5-7H2,1-4H3. The van der Waals surface area contributed by atoms with Crippen molar-refractivity contribution in [3.63, 3.8) is 0 Å². The SMILES string of the molecule is CC(C)OCCCS(=O)(=O)C(C)C. The minimum Gasteiger partial charge on any atom is -0.379 e. The zero-order chi connectivity index (χ0) is 10.5. The van der Waals surface area contributed by atoms with Crippen LogP contribution in [0.3, 0.4) is 0 Å². The van der Waals surface area contributed by atoms with Crippen molar-refractivity contribution in [2.75, 3.05) is 12.4 Å². The van der Waals surface area contributed by atoms with Crippen molar-refractivity contribution >= 4 is 9.84 Å². The first-order chi connectivity index (χ1) is 5.86. The maximum Gasteiger partial charge on any atom is 0.152 e. The molecule has 0 amide bonds. The molecule has 0 aromatic heterocycles. The number of ether oxygens (including phenoxy) is 1. The Bertz CT molecular complexity index is 217. The molecule has 0 saturated carbocycles. The van der Waals surface area contributed by atoms with E-state index in [2.05, 4.69) is 0 Å². The van der Waals surface area contributed by atoms with Gasteiger partial charge >= 0.3 is 0 Å². The van der Waals surface area contributed by atoms with Crippen LogP contribution in [0.4, 0.5) is 0 Å². The lowest BCUT2D eigenvalue weighted by molar-refractivity contribution is 0.0797. The average Bonchev–Trinajstić information content (AvgIpc) is 1.97. The van der Waals surface area contributed by atoms with Crippen molar-refractivity contribution in [3.8, 4) is 0 Å². The van der Waals surface area contributed by atoms with Gasteiger partial charge in [0.1, 0.15) is 0 Å². The van der Waals surface area contributed by atoms with Gasteiger partial charge in [0.05, 0.1) is 17.1 Å². The Morgan fingerprint density at radius 2 is 1.69 bits per heavy atom. The minimum atomic E-state index is -2.88. The normalized spacial score (nSPS) is 12.8. The van der Waals surface area contributed by atoms with Gasteiger partial charge in [-0.05, 0) is 34.1 Å². The third kappa shape index (κ3) is 6.05. The average molecular weight is 208 g/mol. The van der Waals surface area contributed by atoms with E-state index in [9.17, 15) is 8.42 Å². The maximum atomic E-state index is 11.3. The Labute approximate surface area is 81.4 Å². The summed E-state index contributed by atoms with van der Waals surface area (Å²) < 4.78 is 27.9. The van der Waals surface area contributed by atoms with Crippen LogP contribution in [0.2, 0.25) is 0 Å². The molecule has 0 aliphatic rings. The number of sulfone groups is 1. The zero-order valence-corrected chi connectivity index (χ0v) is 9.73. The number of hydrogen-bond acceptors (Lipinski definition) is 3. The van der Waals surface area contributed by atoms with Crippen LogP contribution in [0.5, 0.6) is 0 Å². The maximum absolute atomic E-state index is 11.3. The zero-order valence-electron chi connectivity index (χ0n) is 8.91. The third-order valence-corrected chi connectivity index (χ3v) is 4.04. The van der Waals surface area contributed by atoms with Crippen molar-refractivity contribution in [1.29, 1.82) is 0 Å². The minimum absolute atomic E-state index is 0.182. The van der Waals surface area contributed by atoms with E-state index in [-0.39, 0.29) is 17.1 Å². The largest absolute Gasteiger partial charge is 0.379 e. The molecule has 0 heterocycles. The second kappa shape index (κ2) is 5.60. The van der Waals surface area contributed by atoms with Gasteiger partial charge in [-0.2, -0.15) is 0 Å². The van der Waals surface area contributed by atoms with E-state index in [4.69, 9.17) is 4.74 Å². The van der Waals surface area contributed by atoms with Gasteiger partial charge in [-0.15, -0.1) is 0 Å². The highest BCUT2D eigenvalue weighted by Crippen LogP contribution is 2.03. The summed E-state index contributed by atoms with van der Waals surface area (Å²) in [6.07, 6.45) is 0.778. The molecule has 0 fully saturated rings. The Morgan fingerprint density at radius 3 is 2.08 bits per heavy atom. The van der Waals surface area contributed by atoms with Crippen molar-refractivity contribution < 1.29 is 13.2 Å². The monoisotopic (exact) mass is 208 g/mol. The molecule has 4 heteroatoms. The van der Waals surface area contributed by atoms with Gasteiger partial charge < -0.3 is 4.74 Å². The fourth-order valence-electron chi connectivity index (χ4n) is 0.815. The van der Waals surface area contributed by atoms with Gasteiger partial charge in [-0.1, -0.05) is 0 Å². The highest BCUT2D eigenvalue weighted by molar-refractivity contribution is 7.91. The lowest BCUT2D eigenvalue weighted by atomic mass is 10.4. The second-order valence-corrected chi connectivity index (χ2v) is 6.37. The number of rotatable bonds is 6. The fraction of sp³-hybridized carbons (Fsp3) is 1.00. The second-order valence-electron chi connectivity index (χ2n) is 3.69.